The molecule has 192 valence electrons. The zero-order valence-electron chi connectivity index (χ0n) is 20.2. The van der Waals surface area contributed by atoms with Gasteiger partial charge in [0.2, 0.25) is 5.54 Å². The van der Waals surface area contributed by atoms with Crippen LogP contribution in [0.4, 0.5) is 5.69 Å². The minimum Gasteiger partial charge on any atom is -0.479 e. The molecule has 1 fully saturated rings. The van der Waals surface area contributed by atoms with Gasteiger partial charge in [0.15, 0.2) is 5.78 Å². The minimum absolute atomic E-state index is 0.0260. The number of aromatic nitrogens is 1. The number of primary amides is 1. The molecule has 7 N–H and O–H groups in total. The number of anilines is 1. The predicted molar refractivity (Wildman–Crippen MR) is 130 cm³/mol. The first kappa shape index (κ1) is 26.9. The number of carbonyl (C=O) groups excluding carboxylic acids is 3. The van der Waals surface area contributed by atoms with Crippen molar-refractivity contribution in [3.05, 3.63) is 59.4 Å². The molecule has 1 aromatic carbocycles. The Labute approximate surface area is 208 Å². The molecular formula is C25H31N5O6. The third-order valence-corrected chi connectivity index (χ3v) is 6.42. The van der Waals surface area contributed by atoms with Crippen molar-refractivity contribution in [2.75, 3.05) is 11.4 Å². The summed E-state index contributed by atoms with van der Waals surface area (Å²) in [5.41, 5.74) is 9.38. The number of amides is 2. The summed E-state index contributed by atoms with van der Waals surface area (Å²) in [4.78, 5) is 58.6. The van der Waals surface area contributed by atoms with Crippen LogP contribution in [0.1, 0.15) is 48.3 Å². The number of nitrogens with zero attached hydrogens (tertiary/aromatic N) is 2. The molecule has 1 aliphatic rings. The van der Waals surface area contributed by atoms with Gasteiger partial charge in [0.1, 0.15) is 5.54 Å². The molecule has 36 heavy (non-hydrogen) atoms. The van der Waals surface area contributed by atoms with Gasteiger partial charge in [-0.1, -0.05) is 44.2 Å². The average Bonchev–Trinajstić information content (AvgIpc) is 2.82. The highest BCUT2D eigenvalue weighted by molar-refractivity contribution is 6.24. The van der Waals surface area contributed by atoms with Gasteiger partial charge in [-0.25, -0.2) is 4.79 Å². The van der Waals surface area contributed by atoms with Gasteiger partial charge in [-0.15, -0.1) is 0 Å². The number of carbonyl (C=O) groups is 4. The lowest BCUT2D eigenvalue weighted by atomic mass is 9.70. The summed E-state index contributed by atoms with van der Waals surface area (Å²) in [6.45, 7) is 3.70. The highest BCUT2D eigenvalue weighted by atomic mass is 16.5. The molecule has 2 aromatic rings. The van der Waals surface area contributed by atoms with Crippen LogP contribution in [-0.4, -0.2) is 56.5 Å². The van der Waals surface area contributed by atoms with E-state index < -0.39 is 41.1 Å². The number of hydrogen-bond donors (Lipinski definition) is 5. The Balaban J connectivity index is 2.39. The third-order valence-electron chi connectivity index (χ3n) is 6.42. The van der Waals surface area contributed by atoms with Crippen molar-refractivity contribution in [3.63, 3.8) is 0 Å². The molecule has 2 amide bonds. The van der Waals surface area contributed by atoms with Crippen molar-refractivity contribution in [2.45, 2.75) is 50.6 Å². The summed E-state index contributed by atoms with van der Waals surface area (Å²) >= 11 is 0. The first-order valence-electron chi connectivity index (χ1n) is 11.6. The lowest BCUT2D eigenvalue weighted by Gasteiger charge is -2.50. The maximum Gasteiger partial charge on any atom is 0.338 e. The summed E-state index contributed by atoms with van der Waals surface area (Å²) in [6, 6.07) is 9.66. The molecular weight excluding hydrogens is 466 g/mol. The Morgan fingerprint density at radius 1 is 1.19 bits per heavy atom. The highest BCUT2D eigenvalue weighted by Gasteiger charge is 2.64. The van der Waals surface area contributed by atoms with Crippen molar-refractivity contribution in [3.8, 4) is 0 Å². The first-order valence-corrected chi connectivity index (χ1v) is 11.6. The lowest BCUT2D eigenvalue weighted by Crippen LogP contribution is -2.76. The number of aliphatic carboxylic acids is 1. The van der Waals surface area contributed by atoms with Crippen LogP contribution in [-0.2, 0) is 27.2 Å². The van der Waals surface area contributed by atoms with Crippen LogP contribution in [0.15, 0.2) is 42.6 Å². The smallest absolute Gasteiger partial charge is 0.338 e. The fourth-order valence-electron chi connectivity index (χ4n) is 4.95. The number of ketones is 1. The largest absolute Gasteiger partial charge is 0.479 e. The van der Waals surface area contributed by atoms with Crippen molar-refractivity contribution in [1.29, 1.82) is 0 Å². The van der Waals surface area contributed by atoms with E-state index in [2.05, 4.69) is 4.98 Å². The predicted octanol–water partition coefficient (Wildman–Crippen LogP) is 0.817. The van der Waals surface area contributed by atoms with E-state index in [1.165, 1.54) is 12.3 Å². The van der Waals surface area contributed by atoms with E-state index in [0.717, 1.165) is 4.90 Å². The van der Waals surface area contributed by atoms with Gasteiger partial charge in [-0.2, -0.15) is 5.48 Å². The zero-order chi connectivity index (χ0) is 26.7. The Morgan fingerprint density at radius 3 is 2.39 bits per heavy atom. The molecule has 1 saturated heterocycles. The fourth-order valence-corrected chi connectivity index (χ4v) is 4.95. The summed E-state index contributed by atoms with van der Waals surface area (Å²) < 4.78 is 0. The monoisotopic (exact) mass is 497 g/mol. The Kier molecular flexibility index (Phi) is 7.87. The van der Waals surface area contributed by atoms with Gasteiger partial charge in [-0.3, -0.25) is 24.3 Å². The molecule has 0 saturated carbocycles. The van der Waals surface area contributed by atoms with Crippen molar-refractivity contribution in [2.24, 2.45) is 17.4 Å². The lowest BCUT2D eigenvalue weighted by molar-refractivity contribution is -0.158. The van der Waals surface area contributed by atoms with E-state index in [0.29, 0.717) is 5.56 Å². The van der Waals surface area contributed by atoms with E-state index in [-0.39, 0.29) is 48.7 Å². The molecule has 11 nitrogen and oxygen atoms in total. The van der Waals surface area contributed by atoms with E-state index >= 15 is 0 Å². The molecule has 0 unspecified atom stereocenters. The van der Waals surface area contributed by atoms with Gasteiger partial charge >= 0.3 is 5.97 Å². The van der Waals surface area contributed by atoms with E-state index in [1.54, 1.807) is 44.2 Å². The van der Waals surface area contributed by atoms with Crippen LogP contribution >= 0.6 is 0 Å². The molecule has 11 heteroatoms. The normalized spacial score (nSPS) is 22.2. The molecule has 0 bridgehead atoms. The Hall–Kier alpha value is -3.67. The molecule has 2 atom stereocenters. The topological polar surface area (TPSA) is 189 Å². The van der Waals surface area contributed by atoms with Crippen LogP contribution in [0.2, 0.25) is 0 Å². The maximum absolute atomic E-state index is 14.2. The van der Waals surface area contributed by atoms with Gasteiger partial charge in [0.25, 0.3) is 11.8 Å². The molecule has 1 aliphatic heterocycles. The number of Topliss-reactive ketones (excluding diaryl/α,β-unsaturated/α-hetero) is 1. The third kappa shape index (κ3) is 4.60. The average molecular weight is 498 g/mol. The van der Waals surface area contributed by atoms with Crippen molar-refractivity contribution < 1.29 is 29.5 Å². The number of carboxylic acids is 1. The number of rotatable bonds is 10. The molecule has 1 aromatic heterocycles. The number of pyridine rings is 1. The second kappa shape index (κ2) is 10.5. The van der Waals surface area contributed by atoms with Gasteiger partial charge in [-0.05, 0) is 30.5 Å². The number of benzene rings is 1. The number of nitrogens with one attached hydrogen (secondary N) is 1. The molecule has 2 heterocycles. The summed E-state index contributed by atoms with van der Waals surface area (Å²) in [5.74, 6) is -4.38. The van der Waals surface area contributed by atoms with Crippen LogP contribution in [0, 0.1) is 5.92 Å². The number of hydroxylamine groups is 1. The van der Waals surface area contributed by atoms with E-state index in [9.17, 15) is 29.5 Å². The van der Waals surface area contributed by atoms with Crippen molar-refractivity contribution >= 4 is 29.3 Å². The molecule has 3 rings (SSSR count). The second-order valence-corrected chi connectivity index (χ2v) is 9.41. The highest BCUT2D eigenvalue weighted by Crippen LogP contribution is 2.42. The molecule has 0 spiro atoms. The number of piperidine rings is 1. The fraction of sp³-hybridized carbons (Fsp3) is 0.400. The van der Waals surface area contributed by atoms with Crippen molar-refractivity contribution in [1.82, 2.24) is 10.5 Å². The number of hydrogen-bond acceptors (Lipinski definition) is 8. The molecule has 0 radical (unpaired) electrons. The van der Waals surface area contributed by atoms with Gasteiger partial charge in [0.05, 0.1) is 16.9 Å². The Bertz CT molecular complexity index is 1170. The van der Waals surface area contributed by atoms with Gasteiger partial charge < -0.3 is 21.8 Å². The van der Waals surface area contributed by atoms with Crippen LogP contribution in [0.5, 0.6) is 0 Å². The van der Waals surface area contributed by atoms with Crippen LogP contribution in [0.25, 0.3) is 0 Å². The van der Waals surface area contributed by atoms with Crippen LogP contribution in [0.3, 0.4) is 0 Å². The number of nitrogens with two attached hydrogens (primary N) is 2. The summed E-state index contributed by atoms with van der Waals surface area (Å²) in [7, 11) is 0. The first-order chi connectivity index (χ1) is 17.0. The maximum atomic E-state index is 14.2. The number of carboxylic acid groups (broad SMARTS) is 1. The minimum atomic E-state index is -2.42. The van der Waals surface area contributed by atoms with Crippen LogP contribution < -0.4 is 21.8 Å². The zero-order valence-corrected chi connectivity index (χ0v) is 20.2. The van der Waals surface area contributed by atoms with Gasteiger partial charge in [0, 0.05) is 25.5 Å². The Morgan fingerprint density at radius 2 is 1.86 bits per heavy atom. The second-order valence-electron chi connectivity index (χ2n) is 9.41. The standard InChI is InChI=1S/C25H31N5O6/c1-15(2)12-24(29-36)14-19(31)25(23(34)35,13-16-6-4-3-5-7-16)30(22(24)33)18-9-11-28-17(8-10-26)20(18)21(27)32/h3-7,9,11,15,29,36H,8,10,12-14,26H2,1-2H3,(H2,27,32)(H,34,35)/t24-,25+/m0/s1. The van der Waals surface area contributed by atoms with E-state index in [1.807, 2.05) is 5.48 Å². The summed E-state index contributed by atoms with van der Waals surface area (Å²) in [6.07, 6.45) is 0.506. The molecule has 0 aliphatic carbocycles. The van der Waals surface area contributed by atoms with E-state index in [4.69, 9.17) is 11.5 Å². The SMILES string of the molecule is CC(C)C[C@]1(NO)CC(=O)[C@](Cc2ccccc2)(C(=O)O)N(c2ccnc(CCN)c2C(N)=O)C1=O. The summed E-state index contributed by atoms with van der Waals surface area (Å²) in [5, 5.41) is 20.7. The quantitative estimate of drug-likeness (QED) is 0.234.